The monoisotopic (exact) mass is 216 g/mol. The number of carbonyl (C=O) groups is 1. The van der Waals surface area contributed by atoms with Gasteiger partial charge in [0.1, 0.15) is 6.10 Å². The van der Waals surface area contributed by atoms with Gasteiger partial charge >= 0.3 is 5.97 Å². The third kappa shape index (κ3) is 9.73. The number of aliphatic hydroxyl groups is 1. The first-order chi connectivity index (χ1) is 7.20. The van der Waals surface area contributed by atoms with Crippen LogP contribution in [0.5, 0.6) is 0 Å². The molecule has 1 atom stereocenters. The number of aliphatic hydroxyl groups excluding tert-OH is 1. The molecular formula is C12H24O3. The molecular weight excluding hydrogens is 192 g/mol. The maximum Gasteiger partial charge on any atom is 0.302 e. The van der Waals surface area contributed by atoms with Crippen LogP contribution in [0.15, 0.2) is 0 Å². The van der Waals surface area contributed by atoms with Crippen LogP contribution >= 0.6 is 0 Å². The molecule has 0 amide bonds. The molecule has 1 N–H and O–H groups in total. The van der Waals surface area contributed by atoms with Crippen molar-refractivity contribution in [2.45, 2.75) is 64.9 Å². The van der Waals surface area contributed by atoms with Crippen molar-refractivity contribution in [2.24, 2.45) is 0 Å². The molecule has 15 heavy (non-hydrogen) atoms. The van der Waals surface area contributed by atoms with Crippen LogP contribution in [-0.4, -0.2) is 23.8 Å². The molecule has 0 heterocycles. The minimum Gasteiger partial charge on any atom is -0.460 e. The van der Waals surface area contributed by atoms with E-state index in [9.17, 15) is 4.79 Å². The van der Waals surface area contributed by atoms with E-state index < -0.39 is 0 Å². The van der Waals surface area contributed by atoms with Crippen molar-refractivity contribution in [3.05, 3.63) is 0 Å². The lowest BCUT2D eigenvalue weighted by Gasteiger charge is -2.13. The Kier molecular flexibility index (Phi) is 9.59. The SMILES string of the molecule is CCCCCCCC[C@H](CO)OC(C)=O. The Morgan fingerprint density at radius 1 is 1.20 bits per heavy atom. The van der Waals surface area contributed by atoms with Gasteiger partial charge in [-0.25, -0.2) is 0 Å². The smallest absolute Gasteiger partial charge is 0.302 e. The van der Waals surface area contributed by atoms with Gasteiger partial charge in [0.15, 0.2) is 0 Å². The molecule has 0 rings (SSSR count). The van der Waals surface area contributed by atoms with Gasteiger partial charge in [-0.15, -0.1) is 0 Å². The van der Waals surface area contributed by atoms with Crippen LogP contribution in [0.3, 0.4) is 0 Å². The van der Waals surface area contributed by atoms with Gasteiger partial charge in [0.05, 0.1) is 6.61 Å². The average molecular weight is 216 g/mol. The second-order valence-corrected chi connectivity index (χ2v) is 3.97. The van der Waals surface area contributed by atoms with Gasteiger partial charge in [0.2, 0.25) is 0 Å². The molecule has 0 aromatic carbocycles. The molecule has 0 bridgehead atoms. The Labute approximate surface area is 92.8 Å². The summed E-state index contributed by atoms with van der Waals surface area (Å²) in [5, 5.41) is 8.94. The van der Waals surface area contributed by atoms with Gasteiger partial charge < -0.3 is 9.84 Å². The van der Waals surface area contributed by atoms with Crippen molar-refractivity contribution in [3.63, 3.8) is 0 Å². The Morgan fingerprint density at radius 2 is 1.80 bits per heavy atom. The summed E-state index contributed by atoms with van der Waals surface area (Å²) in [5.74, 6) is -0.306. The maximum atomic E-state index is 10.7. The van der Waals surface area contributed by atoms with Gasteiger partial charge in [0.25, 0.3) is 0 Å². The number of hydrogen-bond acceptors (Lipinski definition) is 3. The van der Waals surface area contributed by atoms with Crippen LogP contribution in [0.1, 0.15) is 58.8 Å². The molecule has 0 aliphatic heterocycles. The lowest BCUT2D eigenvalue weighted by Crippen LogP contribution is -2.20. The highest BCUT2D eigenvalue weighted by molar-refractivity contribution is 5.66. The molecule has 0 aliphatic rings. The Balaban J connectivity index is 3.34. The molecule has 0 saturated heterocycles. The lowest BCUT2D eigenvalue weighted by molar-refractivity contribution is -0.148. The van der Waals surface area contributed by atoms with Crippen LogP contribution in [0.4, 0.5) is 0 Å². The van der Waals surface area contributed by atoms with Crippen LogP contribution in [0.25, 0.3) is 0 Å². The summed E-state index contributed by atoms with van der Waals surface area (Å²) in [7, 11) is 0. The van der Waals surface area contributed by atoms with E-state index in [2.05, 4.69) is 6.92 Å². The molecule has 0 aromatic heterocycles. The minimum absolute atomic E-state index is 0.0610. The topological polar surface area (TPSA) is 46.5 Å². The first kappa shape index (κ1) is 14.4. The summed E-state index contributed by atoms with van der Waals surface area (Å²) in [6.45, 7) is 3.51. The molecule has 0 radical (unpaired) electrons. The summed E-state index contributed by atoms with van der Waals surface area (Å²) in [4.78, 5) is 10.7. The minimum atomic E-state index is -0.306. The van der Waals surface area contributed by atoms with Gasteiger partial charge in [-0.05, 0) is 12.8 Å². The van der Waals surface area contributed by atoms with Crippen molar-refractivity contribution in [1.82, 2.24) is 0 Å². The fourth-order valence-electron chi connectivity index (χ4n) is 1.57. The maximum absolute atomic E-state index is 10.7. The number of ether oxygens (including phenoxy) is 1. The van der Waals surface area contributed by atoms with E-state index in [4.69, 9.17) is 9.84 Å². The van der Waals surface area contributed by atoms with E-state index in [1.807, 2.05) is 0 Å². The number of unbranched alkanes of at least 4 members (excludes halogenated alkanes) is 5. The van der Waals surface area contributed by atoms with Crippen molar-refractivity contribution < 1.29 is 14.6 Å². The molecule has 0 spiro atoms. The predicted octanol–water partition coefficient (Wildman–Crippen LogP) is 2.66. The fourth-order valence-corrected chi connectivity index (χ4v) is 1.57. The van der Waals surface area contributed by atoms with E-state index in [0.29, 0.717) is 0 Å². The number of esters is 1. The predicted molar refractivity (Wildman–Crippen MR) is 60.6 cm³/mol. The normalized spacial score (nSPS) is 12.5. The lowest BCUT2D eigenvalue weighted by atomic mass is 10.1. The number of rotatable bonds is 9. The quantitative estimate of drug-likeness (QED) is 0.476. The van der Waals surface area contributed by atoms with E-state index >= 15 is 0 Å². The molecule has 0 saturated carbocycles. The van der Waals surface area contributed by atoms with Crippen molar-refractivity contribution >= 4 is 5.97 Å². The largest absolute Gasteiger partial charge is 0.460 e. The first-order valence-electron chi connectivity index (χ1n) is 5.98. The molecule has 0 aliphatic carbocycles. The summed E-state index contributed by atoms with van der Waals surface area (Å²) in [5.41, 5.74) is 0. The Hall–Kier alpha value is -0.570. The zero-order valence-corrected chi connectivity index (χ0v) is 10.00. The number of carbonyl (C=O) groups excluding carboxylic acids is 1. The second kappa shape index (κ2) is 9.97. The standard InChI is InChI=1S/C12H24O3/c1-3-4-5-6-7-8-9-12(10-13)15-11(2)14/h12-13H,3-10H2,1-2H3/t12-/m1/s1. The molecule has 0 aromatic rings. The van der Waals surface area contributed by atoms with Crippen molar-refractivity contribution in [3.8, 4) is 0 Å². The van der Waals surface area contributed by atoms with Crippen LogP contribution in [-0.2, 0) is 9.53 Å². The summed E-state index contributed by atoms with van der Waals surface area (Å²) < 4.78 is 4.94. The molecule has 90 valence electrons. The molecule has 3 nitrogen and oxygen atoms in total. The molecule has 0 unspecified atom stereocenters. The fraction of sp³-hybridized carbons (Fsp3) is 0.917. The van der Waals surface area contributed by atoms with Gasteiger partial charge in [-0.2, -0.15) is 0 Å². The molecule has 3 heteroatoms. The second-order valence-electron chi connectivity index (χ2n) is 3.97. The van der Waals surface area contributed by atoms with Crippen LogP contribution < -0.4 is 0 Å². The first-order valence-corrected chi connectivity index (χ1v) is 5.98. The third-order valence-electron chi connectivity index (χ3n) is 2.42. The highest BCUT2D eigenvalue weighted by atomic mass is 16.5. The number of hydrogen-bond donors (Lipinski definition) is 1. The molecule has 0 fully saturated rings. The highest BCUT2D eigenvalue weighted by Crippen LogP contribution is 2.10. The third-order valence-corrected chi connectivity index (χ3v) is 2.42. The van der Waals surface area contributed by atoms with Crippen molar-refractivity contribution in [1.29, 1.82) is 0 Å². The zero-order chi connectivity index (χ0) is 11.5. The van der Waals surface area contributed by atoms with E-state index in [-0.39, 0.29) is 18.7 Å². The Bertz CT molecular complexity index is 157. The average Bonchev–Trinajstić information content (AvgIpc) is 2.20. The summed E-state index contributed by atoms with van der Waals surface area (Å²) in [6, 6.07) is 0. The van der Waals surface area contributed by atoms with Gasteiger partial charge in [-0.1, -0.05) is 39.0 Å². The highest BCUT2D eigenvalue weighted by Gasteiger charge is 2.09. The van der Waals surface area contributed by atoms with Gasteiger partial charge in [0, 0.05) is 6.92 Å². The van der Waals surface area contributed by atoms with E-state index in [1.165, 1.54) is 32.6 Å². The van der Waals surface area contributed by atoms with Crippen molar-refractivity contribution in [2.75, 3.05) is 6.61 Å². The summed E-state index contributed by atoms with van der Waals surface area (Å²) in [6.07, 6.45) is 7.76. The van der Waals surface area contributed by atoms with Crippen LogP contribution in [0, 0.1) is 0 Å². The van der Waals surface area contributed by atoms with E-state index in [0.717, 1.165) is 19.3 Å². The van der Waals surface area contributed by atoms with E-state index in [1.54, 1.807) is 0 Å². The zero-order valence-electron chi connectivity index (χ0n) is 10.00. The van der Waals surface area contributed by atoms with Gasteiger partial charge in [-0.3, -0.25) is 4.79 Å². The summed E-state index contributed by atoms with van der Waals surface area (Å²) >= 11 is 0. The Morgan fingerprint density at radius 3 is 2.33 bits per heavy atom. The van der Waals surface area contributed by atoms with Crippen LogP contribution in [0.2, 0.25) is 0 Å².